The van der Waals surface area contributed by atoms with Gasteiger partial charge >= 0.3 is 0 Å². The third-order valence-electron chi connectivity index (χ3n) is 6.06. The molecular formula is C25H26N4O2. The van der Waals surface area contributed by atoms with Crippen LogP contribution in [0.5, 0.6) is 11.5 Å². The van der Waals surface area contributed by atoms with E-state index in [0.29, 0.717) is 5.82 Å². The highest BCUT2D eigenvalue weighted by Gasteiger charge is 2.49. The van der Waals surface area contributed by atoms with Crippen LogP contribution in [0, 0.1) is 0 Å². The molecule has 0 radical (unpaired) electrons. The van der Waals surface area contributed by atoms with Gasteiger partial charge in [0, 0.05) is 28.9 Å². The predicted octanol–water partition coefficient (Wildman–Crippen LogP) is 4.83. The number of nitrogens with one attached hydrogen (secondary N) is 1. The van der Waals surface area contributed by atoms with Gasteiger partial charge in [-0.3, -0.25) is 5.01 Å². The van der Waals surface area contributed by atoms with Gasteiger partial charge in [-0.15, -0.1) is 0 Å². The molecule has 1 aliphatic heterocycles. The van der Waals surface area contributed by atoms with E-state index in [0.717, 1.165) is 59.1 Å². The lowest BCUT2D eigenvalue weighted by Crippen LogP contribution is -2.36. The molecule has 0 unspecified atom stereocenters. The molecule has 5 rings (SSSR count). The zero-order chi connectivity index (χ0) is 21.4. The van der Waals surface area contributed by atoms with Gasteiger partial charge in [0.05, 0.1) is 5.69 Å². The third-order valence-corrected chi connectivity index (χ3v) is 6.06. The molecule has 1 aromatic heterocycles. The molecule has 0 spiro atoms. The molecule has 1 fully saturated rings. The molecule has 158 valence electrons. The number of nitrogens with zero attached hydrogens (tertiary/aromatic N) is 2. The van der Waals surface area contributed by atoms with Crippen molar-refractivity contribution >= 4 is 11.5 Å². The predicted molar refractivity (Wildman–Crippen MR) is 123 cm³/mol. The first-order valence-corrected chi connectivity index (χ1v) is 10.6. The number of rotatable bonds is 7. The smallest absolute Gasteiger partial charge is 0.231 e. The van der Waals surface area contributed by atoms with Crippen LogP contribution in [-0.4, -0.2) is 18.3 Å². The molecule has 0 atom stereocenters. The SMILES string of the molecule is C=C(N(N)c1cccc(-c2ccc(NCC)cc2)n1)C1(c2ccc3c(c2)OCO3)CC1. The first-order chi connectivity index (χ1) is 15.1. The summed E-state index contributed by atoms with van der Waals surface area (Å²) in [7, 11) is 0. The summed E-state index contributed by atoms with van der Waals surface area (Å²) in [4.78, 5) is 4.81. The summed E-state index contributed by atoms with van der Waals surface area (Å²) in [5.41, 5.74) is 4.79. The highest BCUT2D eigenvalue weighted by molar-refractivity contribution is 5.65. The van der Waals surface area contributed by atoms with Gasteiger partial charge in [-0.2, -0.15) is 0 Å². The van der Waals surface area contributed by atoms with Crippen molar-refractivity contribution in [3.63, 3.8) is 0 Å². The molecule has 6 heteroatoms. The molecular weight excluding hydrogens is 388 g/mol. The maximum absolute atomic E-state index is 6.53. The van der Waals surface area contributed by atoms with Crippen LogP contribution in [0.1, 0.15) is 25.3 Å². The van der Waals surface area contributed by atoms with E-state index in [1.54, 1.807) is 5.01 Å². The Morgan fingerprint density at radius 1 is 1.10 bits per heavy atom. The summed E-state index contributed by atoms with van der Waals surface area (Å²) in [5.74, 6) is 8.76. The molecule has 2 heterocycles. The Morgan fingerprint density at radius 2 is 1.87 bits per heavy atom. The second-order valence-corrected chi connectivity index (χ2v) is 7.96. The first-order valence-electron chi connectivity index (χ1n) is 10.6. The van der Waals surface area contributed by atoms with Crippen molar-refractivity contribution in [2.24, 2.45) is 5.84 Å². The topological polar surface area (TPSA) is 72.6 Å². The van der Waals surface area contributed by atoms with Crippen molar-refractivity contribution in [3.8, 4) is 22.8 Å². The number of hydrogen-bond acceptors (Lipinski definition) is 6. The van der Waals surface area contributed by atoms with Crippen molar-refractivity contribution in [1.29, 1.82) is 0 Å². The van der Waals surface area contributed by atoms with Gasteiger partial charge in [0.15, 0.2) is 11.5 Å². The standard InChI is InChI=1S/C25H26N4O2/c1-3-27-20-10-7-18(8-11-20)21-5-4-6-24(28-21)29(26)17(2)25(13-14-25)19-9-12-22-23(15-19)31-16-30-22/h4-12,15,27H,2-3,13-14,16,26H2,1H3. The molecule has 31 heavy (non-hydrogen) atoms. The highest BCUT2D eigenvalue weighted by atomic mass is 16.7. The molecule has 2 aromatic carbocycles. The summed E-state index contributed by atoms with van der Waals surface area (Å²) >= 11 is 0. The van der Waals surface area contributed by atoms with E-state index in [4.69, 9.17) is 20.3 Å². The Labute approximate surface area is 182 Å². The quantitative estimate of drug-likeness (QED) is 0.426. The number of ether oxygens (including phenoxy) is 2. The molecule has 0 amide bonds. The fourth-order valence-corrected chi connectivity index (χ4v) is 4.11. The number of anilines is 2. The Hall–Kier alpha value is -3.51. The fraction of sp³-hybridized carbons (Fsp3) is 0.240. The van der Waals surface area contributed by atoms with E-state index in [9.17, 15) is 0 Å². The molecule has 2 aliphatic rings. The van der Waals surface area contributed by atoms with Crippen molar-refractivity contribution in [1.82, 2.24) is 4.98 Å². The van der Waals surface area contributed by atoms with Crippen LogP contribution in [0.15, 0.2) is 72.9 Å². The number of fused-ring (bicyclic) bond motifs is 1. The van der Waals surface area contributed by atoms with E-state index in [-0.39, 0.29) is 12.2 Å². The molecule has 0 bridgehead atoms. The fourth-order valence-electron chi connectivity index (χ4n) is 4.11. The number of hydrogen-bond donors (Lipinski definition) is 2. The number of aromatic nitrogens is 1. The lowest BCUT2D eigenvalue weighted by Gasteiger charge is -2.28. The van der Waals surface area contributed by atoms with Crippen LogP contribution >= 0.6 is 0 Å². The Morgan fingerprint density at radius 3 is 2.61 bits per heavy atom. The van der Waals surface area contributed by atoms with E-state index >= 15 is 0 Å². The van der Waals surface area contributed by atoms with Crippen LogP contribution in [0.25, 0.3) is 11.3 Å². The summed E-state index contributed by atoms with van der Waals surface area (Å²) in [6.07, 6.45) is 1.98. The molecule has 1 aliphatic carbocycles. The summed E-state index contributed by atoms with van der Waals surface area (Å²) in [6.45, 7) is 7.59. The molecule has 6 nitrogen and oxygen atoms in total. The lowest BCUT2D eigenvalue weighted by atomic mass is 9.92. The van der Waals surface area contributed by atoms with Gasteiger partial charge in [0.2, 0.25) is 6.79 Å². The lowest BCUT2D eigenvalue weighted by molar-refractivity contribution is 0.174. The minimum Gasteiger partial charge on any atom is -0.454 e. The largest absolute Gasteiger partial charge is 0.454 e. The van der Waals surface area contributed by atoms with Gasteiger partial charge in [0.25, 0.3) is 0 Å². The minimum absolute atomic E-state index is 0.194. The average molecular weight is 415 g/mol. The van der Waals surface area contributed by atoms with Crippen molar-refractivity contribution < 1.29 is 9.47 Å². The van der Waals surface area contributed by atoms with E-state index < -0.39 is 0 Å². The maximum atomic E-state index is 6.53. The summed E-state index contributed by atoms with van der Waals surface area (Å²) in [6, 6.07) is 20.2. The van der Waals surface area contributed by atoms with Gasteiger partial charge in [-0.25, -0.2) is 10.8 Å². The van der Waals surface area contributed by atoms with Crippen LogP contribution in [-0.2, 0) is 5.41 Å². The number of hydrazine groups is 1. The normalized spacial score (nSPS) is 15.4. The van der Waals surface area contributed by atoms with Crippen molar-refractivity contribution in [2.45, 2.75) is 25.2 Å². The van der Waals surface area contributed by atoms with Gasteiger partial charge < -0.3 is 14.8 Å². The monoisotopic (exact) mass is 414 g/mol. The Balaban J connectivity index is 1.39. The third kappa shape index (κ3) is 3.49. The number of allylic oxidation sites excluding steroid dienone is 1. The highest BCUT2D eigenvalue weighted by Crippen LogP contribution is 2.55. The molecule has 1 saturated carbocycles. The maximum Gasteiger partial charge on any atom is 0.231 e. The number of pyridine rings is 1. The summed E-state index contributed by atoms with van der Waals surface area (Å²) in [5, 5.41) is 4.93. The van der Waals surface area contributed by atoms with Crippen LogP contribution in [0.2, 0.25) is 0 Å². The van der Waals surface area contributed by atoms with Crippen LogP contribution in [0.4, 0.5) is 11.5 Å². The molecule has 3 aromatic rings. The first kappa shape index (κ1) is 19.5. The molecule has 0 saturated heterocycles. The Kier molecular flexibility index (Phi) is 4.79. The van der Waals surface area contributed by atoms with Crippen molar-refractivity contribution in [2.75, 3.05) is 23.7 Å². The van der Waals surface area contributed by atoms with E-state index in [1.807, 2.05) is 30.3 Å². The van der Waals surface area contributed by atoms with Gasteiger partial charge in [-0.1, -0.05) is 30.8 Å². The number of benzene rings is 2. The van der Waals surface area contributed by atoms with Gasteiger partial charge in [0.1, 0.15) is 5.82 Å². The average Bonchev–Trinajstić information content (AvgIpc) is 3.49. The van der Waals surface area contributed by atoms with Crippen LogP contribution in [0.3, 0.4) is 0 Å². The molecule has 3 N–H and O–H groups in total. The second-order valence-electron chi connectivity index (χ2n) is 7.96. The Bertz CT molecular complexity index is 1120. The number of nitrogens with two attached hydrogens (primary N) is 1. The van der Waals surface area contributed by atoms with Gasteiger partial charge in [-0.05, 0) is 61.7 Å². The minimum atomic E-state index is -0.194. The summed E-state index contributed by atoms with van der Waals surface area (Å²) < 4.78 is 11.0. The van der Waals surface area contributed by atoms with E-state index in [2.05, 4.69) is 49.2 Å². The van der Waals surface area contributed by atoms with E-state index in [1.165, 1.54) is 0 Å². The zero-order valence-corrected chi connectivity index (χ0v) is 17.6. The van der Waals surface area contributed by atoms with Crippen molar-refractivity contribution in [3.05, 3.63) is 78.5 Å². The zero-order valence-electron chi connectivity index (χ0n) is 17.6. The second kappa shape index (κ2) is 7.63. The van der Waals surface area contributed by atoms with Crippen LogP contribution < -0.4 is 25.6 Å².